The van der Waals surface area contributed by atoms with Gasteiger partial charge < -0.3 is 4.57 Å². The molecular formula is C42H32N3OP. The number of hydrogen-bond acceptors (Lipinski definition) is 4. The Hall–Kier alpha value is -5.44. The van der Waals surface area contributed by atoms with E-state index in [1.165, 1.54) is 0 Å². The number of nitrogens with zero attached hydrogens (tertiary/aromatic N) is 3. The lowest BCUT2D eigenvalue weighted by Gasteiger charge is -2.39. The van der Waals surface area contributed by atoms with Crippen molar-refractivity contribution in [2.24, 2.45) is 0 Å². The molecule has 1 aromatic heterocycles. The molecule has 47 heavy (non-hydrogen) atoms. The smallest absolute Gasteiger partial charge is 0.171 e. The predicted molar refractivity (Wildman–Crippen MR) is 193 cm³/mol. The lowest BCUT2D eigenvalue weighted by molar-refractivity contribution is 0.586. The highest BCUT2D eigenvalue weighted by Gasteiger charge is 2.44. The van der Waals surface area contributed by atoms with Gasteiger partial charge in [-0.1, -0.05) is 159 Å². The van der Waals surface area contributed by atoms with Crippen molar-refractivity contribution < 1.29 is 4.57 Å². The Balaban J connectivity index is 1.29. The summed E-state index contributed by atoms with van der Waals surface area (Å²) in [6, 6.07) is 53.0. The topological polar surface area (TPSA) is 55.7 Å². The second kappa shape index (κ2) is 11.4. The monoisotopic (exact) mass is 625 g/mol. The summed E-state index contributed by atoms with van der Waals surface area (Å²) in [6.45, 7) is 4.46. The van der Waals surface area contributed by atoms with Crippen molar-refractivity contribution >= 4 is 23.1 Å². The van der Waals surface area contributed by atoms with Crippen LogP contribution in [-0.4, -0.2) is 15.0 Å². The number of hydrogen-bond donors (Lipinski definition) is 0. The first-order chi connectivity index (χ1) is 22.9. The first kappa shape index (κ1) is 29.0. The van der Waals surface area contributed by atoms with Crippen molar-refractivity contribution in [2.75, 3.05) is 0 Å². The minimum absolute atomic E-state index is 0.304. The van der Waals surface area contributed by atoms with E-state index in [0.29, 0.717) is 17.5 Å². The predicted octanol–water partition coefficient (Wildman–Crippen LogP) is 8.82. The van der Waals surface area contributed by atoms with Gasteiger partial charge in [-0.25, -0.2) is 15.0 Å². The largest absolute Gasteiger partial charge is 0.309 e. The molecule has 7 aromatic rings. The molecule has 0 N–H and O–H groups in total. The second-order valence-electron chi connectivity index (χ2n) is 12.4. The third-order valence-corrected chi connectivity index (χ3v) is 12.3. The maximum Gasteiger partial charge on any atom is 0.171 e. The quantitative estimate of drug-likeness (QED) is 0.179. The second-order valence-corrected chi connectivity index (χ2v) is 15.1. The number of benzene rings is 6. The lowest BCUT2D eigenvalue weighted by atomic mass is 9.77. The van der Waals surface area contributed by atoms with E-state index in [1.54, 1.807) is 0 Å². The Kier molecular flexibility index (Phi) is 7.04. The van der Waals surface area contributed by atoms with E-state index in [9.17, 15) is 0 Å². The Morgan fingerprint density at radius 3 is 1.53 bits per heavy atom. The van der Waals surface area contributed by atoms with Crippen molar-refractivity contribution in [3.63, 3.8) is 0 Å². The molecular weight excluding hydrogens is 593 g/mol. The summed E-state index contributed by atoms with van der Waals surface area (Å²) >= 11 is 0. The molecule has 6 aromatic carbocycles. The zero-order valence-corrected chi connectivity index (χ0v) is 27.1. The first-order valence-corrected chi connectivity index (χ1v) is 17.5. The molecule has 1 unspecified atom stereocenters. The van der Waals surface area contributed by atoms with E-state index in [1.807, 2.05) is 115 Å². The van der Waals surface area contributed by atoms with Crippen molar-refractivity contribution in [3.8, 4) is 45.3 Å². The maximum atomic E-state index is 15.6. The van der Waals surface area contributed by atoms with Crippen molar-refractivity contribution in [2.45, 2.75) is 19.3 Å². The summed E-state index contributed by atoms with van der Waals surface area (Å²) in [7, 11) is -3.16. The van der Waals surface area contributed by atoms with Gasteiger partial charge in [0.15, 0.2) is 24.6 Å². The molecule has 0 radical (unpaired) electrons. The average molecular weight is 626 g/mol. The third-order valence-electron chi connectivity index (χ3n) is 9.20. The summed E-state index contributed by atoms with van der Waals surface area (Å²) in [5.41, 5.74) is 6.66. The Labute approximate surface area is 275 Å². The number of fused-ring (bicyclic) bond motifs is 2. The van der Waals surface area contributed by atoms with Crippen LogP contribution in [0.5, 0.6) is 0 Å². The lowest BCUT2D eigenvalue weighted by Crippen LogP contribution is -2.42. The van der Waals surface area contributed by atoms with Crippen LogP contribution in [0.2, 0.25) is 0 Å². The third kappa shape index (κ3) is 4.93. The van der Waals surface area contributed by atoms with E-state index < -0.39 is 7.14 Å². The molecule has 0 saturated heterocycles. The van der Waals surface area contributed by atoms with Gasteiger partial charge in [-0.2, -0.15) is 0 Å². The van der Waals surface area contributed by atoms with Crippen LogP contribution in [0.3, 0.4) is 0 Å². The van der Waals surface area contributed by atoms with Gasteiger partial charge in [-0.15, -0.1) is 0 Å². The normalized spacial score (nSPS) is 16.2. The van der Waals surface area contributed by atoms with Crippen LogP contribution in [0, 0.1) is 0 Å². The van der Waals surface area contributed by atoms with Crippen LogP contribution in [-0.2, 0) is 9.98 Å². The number of rotatable bonds is 5. The van der Waals surface area contributed by atoms with Crippen LogP contribution in [0.25, 0.3) is 45.3 Å². The highest BCUT2D eigenvalue weighted by Crippen LogP contribution is 2.52. The zero-order chi connectivity index (χ0) is 32.0. The van der Waals surface area contributed by atoms with E-state index in [2.05, 4.69) is 56.3 Å². The summed E-state index contributed by atoms with van der Waals surface area (Å²) in [4.78, 5) is 14.7. The molecule has 0 spiro atoms. The SMILES string of the molecule is CC1(C)c2ccccc2P(=O)(c2ccccc2)c2cc(-c3cccc(-c4nc(-c5ccccc5)nc(-c5ccccc5)n4)c3)ccc21. The Bertz CT molecular complexity index is 2240. The van der Waals surface area contributed by atoms with Gasteiger partial charge in [0, 0.05) is 38.0 Å². The molecule has 0 bridgehead atoms. The van der Waals surface area contributed by atoms with E-state index in [-0.39, 0.29) is 5.41 Å². The molecule has 1 aliphatic rings. The molecule has 1 atom stereocenters. The fraction of sp³-hybridized carbons (Fsp3) is 0.0714. The van der Waals surface area contributed by atoms with Gasteiger partial charge in [0.1, 0.15) is 0 Å². The highest BCUT2D eigenvalue weighted by atomic mass is 31.2. The van der Waals surface area contributed by atoms with E-state index >= 15 is 4.57 Å². The minimum atomic E-state index is -3.16. The van der Waals surface area contributed by atoms with Crippen molar-refractivity contribution in [3.05, 3.63) is 169 Å². The van der Waals surface area contributed by atoms with Crippen LogP contribution in [0.4, 0.5) is 0 Å². The standard InChI is InChI=1S/C42H32N3OP/c1-42(2)35-23-12-13-24-37(35)47(46,34-21-10-5-11-22-34)38-28-32(25-26-36(38)42)31-19-14-20-33(27-31)41-44-39(29-15-6-3-7-16-29)43-40(45-41)30-17-8-4-9-18-30/h3-28H,1-2H3. The van der Waals surface area contributed by atoms with Crippen molar-refractivity contribution in [1.82, 2.24) is 15.0 Å². The van der Waals surface area contributed by atoms with E-state index in [0.717, 1.165) is 54.9 Å². The fourth-order valence-corrected chi connectivity index (χ4v) is 10.2. The molecule has 0 saturated carbocycles. The molecule has 0 fully saturated rings. The van der Waals surface area contributed by atoms with Gasteiger partial charge in [0.25, 0.3) is 0 Å². The van der Waals surface area contributed by atoms with Crippen LogP contribution < -0.4 is 15.9 Å². The van der Waals surface area contributed by atoms with Gasteiger partial charge in [0.2, 0.25) is 0 Å². The average Bonchev–Trinajstić information content (AvgIpc) is 3.15. The van der Waals surface area contributed by atoms with E-state index in [4.69, 9.17) is 15.0 Å². The summed E-state index contributed by atoms with van der Waals surface area (Å²) in [5, 5.41) is 2.66. The zero-order valence-electron chi connectivity index (χ0n) is 26.2. The molecule has 1 aliphatic heterocycles. The fourth-order valence-electron chi connectivity index (χ4n) is 6.74. The van der Waals surface area contributed by atoms with Crippen LogP contribution >= 0.6 is 7.14 Å². The Morgan fingerprint density at radius 2 is 0.894 bits per heavy atom. The van der Waals surface area contributed by atoms with Crippen molar-refractivity contribution in [1.29, 1.82) is 0 Å². The van der Waals surface area contributed by atoms with Gasteiger partial charge in [-0.3, -0.25) is 0 Å². The molecule has 5 heteroatoms. The number of aromatic nitrogens is 3. The molecule has 4 nitrogen and oxygen atoms in total. The van der Waals surface area contributed by atoms with Gasteiger partial charge in [0.05, 0.1) is 0 Å². The van der Waals surface area contributed by atoms with Crippen LogP contribution in [0.15, 0.2) is 158 Å². The molecule has 8 rings (SSSR count). The molecule has 0 aliphatic carbocycles. The summed E-state index contributed by atoms with van der Waals surface area (Å²) < 4.78 is 15.6. The Morgan fingerprint density at radius 1 is 0.426 bits per heavy atom. The molecule has 0 amide bonds. The minimum Gasteiger partial charge on any atom is -0.309 e. The van der Waals surface area contributed by atoms with Gasteiger partial charge in [-0.05, 0) is 34.4 Å². The first-order valence-electron chi connectivity index (χ1n) is 15.8. The molecule has 2 heterocycles. The highest BCUT2D eigenvalue weighted by molar-refractivity contribution is 7.85. The summed E-state index contributed by atoms with van der Waals surface area (Å²) in [6.07, 6.45) is 0. The summed E-state index contributed by atoms with van der Waals surface area (Å²) in [5.74, 6) is 1.85. The van der Waals surface area contributed by atoms with Crippen LogP contribution in [0.1, 0.15) is 25.0 Å². The molecule has 226 valence electrons. The maximum absolute atomic E-state index is 15.6. The van der Waals surface area contributed by atoms with Gasteiger partial charge >= 0.3 is 0 Å².